The molecular formula is C18H22N3O4-. The third kappa shape index (κ3) is 3.99. The Balaban J connectivity index is 1.88. The number of amides is 1. The molecule has 0 spiro atoms. The molecular weight excluding hydrogens is 322 g/mol. The predicted octanol–water partition coefficient (Wildman–Crippen LogP) is 0.647. The van der Waals surface area contributed by atoms with Crippen LogP contribution in [0, 0.1) is 0 Å². The van der Waals surface area contributed by atoms with E-state index < -0.39 is 5.97 Å². The van der Waals surface area contributed by atoms with Gasteiger partial charge in [0.2, 0.25) is 5.91 Å². The van der Waals surface area contributed by atoms with E-state index in [2.05, 4.69) is 14.9 Å². The van der Waals surface area contributed by atoms with E-state index in [1.165, 1.54) is 12.1 Å². The van der Waals surface area contributed by atoms with Gasteiger partial charge in [-0.2, -0.15) is 0 Å². The molecule has 1 saturated heterocycles. The molecule has 25 heavy (non-hydrogen) atoms. The number of aromatic nitrogens is 2. The highest BCUT2D eigenvalue weighted by Crippen LogP contribution is 2.22. The number of fused-ring (bicyclic) bond motifs is 1. The predicted molar refractivity (Wildman–Crippen MR) is 90.0 cm³/mol. The summed E-state index contributed by atoms with van der Waals surface area (Å²) in [6.45, 7) is 3.75. The Hall–Kier alpha value is -2.41. The van der Waals surface area contributed by atoms with Gasteiger partial charge in [-0.1, -0.05) is 13.0 Å². The molecule has 7 heteroatoms. The summed E-state index contributed by atoms with van der Waals surface area (Å²) in [4.78, 5) is 27.1. The van der Waals surface area contributed by atoms with E-state index >= 15 is 0 Å². The number of carbonyl (C=O) groups is 2. The van der Waals surface area contributed by atoms with Crippen LogP contribution in [0.15, 0.2) is 18.2 Å². The summed E-state index contributed by atoms with van der Waals surface area (Å²) in [5, 5.41) is 13.9. The molecule has 0 saturated carbocycles. The van der Waals surface area contributed by atoms with Crippen LogP contribution in [0.5, 0.6) is 0 Å². The van der Waals surface area contributed by atoms with E-state index in [1.54, 1.807) is 6.07 Å². The van der Waals surface area contributed by atoms with Crippen molar-refractivity contribution in [1.29, 1.82) is 0 Å². The van der Waals surface area contributed by atoms with E-state index in [4.69, 9.17) is 4.74 Å². The summed E-state index contributed by atoms with van der Waals surface area (Å²) in [5.74, 6) is -0.397. The van der Waals surface area contributed by atoms with E-state index in [-0.39, 0.29) is 17.6 Å². The van der Waals surface area contributed by atoms with Gasteiger partial charge in [-0.3, -0.25) is 4.79 Å². The summed E-state index contributed by atoms with van der Waals surface area (Å²) in [6, 6.07) is 4.83. The molecule has 2 aromatic rings. The number of carbonyl (C=O) groups excluding carboxylic acids is 2. The monoisotopic (exact) mass is 344 g/mol. The molecule has 0 bridgehead atoms. The number of benzene rings is 1. The molecule has 2 heterocycles. The van der Waals surface area contributed by atoms with Gasteiger partial charge in [0.05, 0.1) is 29.7 Å². The van der Waals surface area contributed by atoms with E-state index in [0.29, 0.717) is 31.4 Å². The average molecular weight is 344 g/mol. The van der Waals surface area contributed by atoms with Gasteiger partial charge in [0.1, 0.15) is 5.82 Å². The second-order valence-corrected chi connectivity index (χ2v) is 6.22. The number of imidazole rings is 1. The first-order valence-corrected chi connectivity index (χ1v) is 8.67. The minimum atomic E-state index is -1.22. The topological polar surface area (TPSA) is 96.3 Å². The standard InChI is InChI=1S/C18H23N3O4/c1-2-17(22)19-8-7-16-20-14-10-12(18(23)24)5-6-15(14)21(16)11-13-4-3-9-25-13/h5-6,10,13H,2-4,7-9,11H2,1H3,(H,19,22)(H,23,24)/p-1/t13-/m0/s1. The van der Waals surface area contributed by atoms with Crippen molar-refractivity contribution in [2.75, 3.05) is 13.2 Å². The van der Waals surface area contributed by atoms with Crippen molar-refractivity contribution in [3.05, 3.63) is 29.6 Å². The Kier molecular flexibility index (Phi) is 5.33. The molecule has 1 amide bonds. The zero-order valence-corrected chi connectivity index (χ0v) is 14.3. The van der Waals surface area contributed by atoms with Crippen molar-refractivity contribution in [3.63, 3.8) is 0 Å². The van der Waals surface area contributed by atoms with Crippen LogP contribution >= 0.6 is 0 Å². The molecule has 1 aromatic carbocycles. The highest BCUT2D eigenvalue weighted by molar-refractivity contribution is 5.91. The molecule has 0 unspecified atom stereocenters. The van der Waals surface area contributed by atoms with Gasteiger partial charge in [0.25, 0.3) is 0 Å². The molecule has 1 N–H and O–H groups in total. The number of hydrogen-bond donors (Lipinski definition) is 1. The first kappa shape index (κ1) is 17.4. The van der Waals surface area contributed by atoms with Gasteiger partial charge in [-0.05, 0) is 30.5 Å². The van der Waals surface area contributed by atoms with Crippen LogP contribution in [0.2, 0.25) is 0 Å². The zero-order valence-electron chi connectivity index (χ0n) is 14.3. The molecule has 1 aliphatic heterocycles. The van der Waals surface area contributed by atoms with Gasteiger partial charge in [-0.25, -0.2) is 4.98 Å². The van der Waals surface area contributed by atoms with E-state index in [1.807, 2.05) is 6.92 Å². The fourth-order valence-electron chi connectivity index (χ4n) is 3.13. The first-order valence-electron chi connectivity index (χ1n) is 8.67. The third-order valence-electron chi connectivity index (χ3n) is 4.47. The largest absolute Gasteiger partial charge is 0.545 e. The van der Waals surface area contributed by atoms with Crippen LogP contribution < -0.4 is 10.4 Å². The fraction of sp³-hybridized carbons (Fsp3) is 0.500. The van der Waals surface area contributed by atoms with Crippen LogP contribution in [0.1, 0.15) is 42.4 Å². The molecule has 7 nitrogen and oxygen atoms in total. The average Bonchev–Trinajstić information content (AvgIpc) is 3.23. The fourth-order valence-corrected chi connectivity index (χ4v) is 3.13. The SMILES string of the molecule is CCC(=O)NCCc1nc2cc(C(=O)[O-])ccc2n1C[C@@H]1CCCO1. The summed E-state index contributed by atoms with van der Waals surface area (Å²) >= 11 is 0. The number of ether oxygens (including phenoxy) is 1. The number of carboxylic acid groups (broad SMARTS) is 1. The number of nitrogens with one attached hydrogen (secondary N) is 1. The van der Waals surface area contributed by atoms with Crippen molar-refractivity contribution in [2.45, 2.75) is 45.3 Å². The summed E-state index contributed by atoms with van der Waals surface area (Å²) < 4.78 is 7.80. The van der Waals surface area contributed by atoms with Gasteiger partial charge in [0.15, 0.2) is 0 Å². The Bertz CT molecular complexity index is 778. The van der Waals surface area contributed by atoms with Crippen LogP contribution in [-0.4, -0.2) is 40.7 Å². The second-order valence-electron chi connectivity index (χ2n) is 6.22. The van der Waals surface area contributed by atoms with E-state index in [0.717, 1.165) is 30.8 Å². The molecule has 1 aromatic heterocycles. The van der Waals surface area contributed by atoms with Crippen LogP contribution in [-0.2, 0) is 22.5 Å². The number of rotatable bonds is 7. The van der Waals surface area contributed by atoms with Crippen LogP contribution in [0.3, 0.4) is 0 Å². The van der Waals surface area contributed by atoms with Crippen molar-refractivity contribution in [1.82, 2.24) is 14.9 Å². The summed E-state index contributed by atoms with van der Waals surface area (Å²) in [7, 11) is 0. The molecule has 3 rings (SSSR count). The maximum absolute atomic E-state index is 11.4. The van der Waals surface area contributed by atoms with Crippen molar-refractivity contribution in [2.24, 2.45) is 0 Å². The Morgan fingerprint density at radius 3 is 2.96 bits per heavy atom. The maximum Gasteiger partial charge on any atom is 0.219 e. The third-order valence-corrected chi connectivity index (χ3v) is 4.47. The lowest BCUT2D eigenvalue weighted by atomic mass is 10.2. The van der Waals surface area contributed by atoms with Crippen LogP contribution in [0.4, 0.5) is 0 Å². The normalized spacial score (nSPS) is 17.1. The molecule has 134 valence electrons. The van der Waals surface area contributed by atoms with Gasteiger partial charge in [0, 0.05) is 26.0 Å². The van der Waals surface area contributed by atoms with Gasteiger partial charge >= 0.3 is 0 Å². The number of carboxylic acids is 1. The van der Waals surface area contributed by atoms with Crippen molar-refractivity contribution < 1.29 is 19.4 Å². The smallest absolute Gasteiger partial charge is 0.219 e. The number of hydrogen-bond acceptors (Lipinski definition) is 5. The lowest BCUT2D eigenvalue weighted by molar-refractivity contribution is -0.255. The Morgan fingerprint density at radius 1 is 1.44 bits per heavy atom. The zero-order chi connectivity index (χ0) is 17.8. The highest BCUT2D eigenvalue weighted by Gasteiger charge is 2.20. The summed E-state index contributed by atoms with van der Waals surface area (Å²) in [5.41, 5.74) is 1.61. The van der Waals surface area contributed by atoms with Crippen molar-refractivity contribution in [3.8, 4) is 0 Å². The molecule has 0 radical (unpaired) electrons. The van der Waals surface area contributed by atoms with Gasteiger partial charge in [-0.15, -0.1) is 0 Å². The molecule has 1 atom stereocenters. The number of aromatic carboxylic acids is 1. The quantitative estimate of drug-likeness (QED) is 0.795. The highest BCUT2D eigenvalue weighted by atomic mass is 16.5. The minimum Gasteiger partial charge on any atom is -0.545 e. The Labute approximate surface area is 146 Å². The minimum absolute atomic E-state index is 0.000949. The van der Waals surface area contributed by atoms with Crippen LogP contribution in [0.25, 0.3) is 11.0 Å². The molecule has 1 aliphatic rings. The lowest BCUT2D eigenvalue weighted by Gasteiger charge is -2.14. The Morgan fingerprint density at radius 2 is 2.28 bits per heavy atom. The van der Waals surface area contributed by atoms with Gasteiger partial charge < -0.3 is 24.5 Å². The first-order chi connectivity index (χ1) is 12.1. The van der Waals surface area contributed by atoms with Crippen molar-refractivity contribution >= 4 is 22.9 Å². The lowest BCUT2D eigenvalue weighted by Crippen LogP contribution is -2.26. The number of nitrogens with zero attached hydrogens (tertiary/aromatic N) is 2. The summed E-state index contributed by atoms with van der Waals surface area (Å²) in [6.07, 6.45) is 3.22. The maximum atomic E-state index is 11.4. The molecule has 0 aliphatic carbocycles. The van der Waals surface area contributed by atoms with E-state index in [9.17, 15) is 14.7 Å². The second kappa shape index (κ2) is 7.65. The molecule has 1 fully saturated rings.